The summed E-state index contributed by atoms with van der Waals surface area (Å²) in [5.74, 6) is -0.788. The molecule has 0 bridgehead atoms. The van der Waals surface area contributed by atoms with E-state index in [0.29, 0.717) is 13.1 Å². The summed E-state index contributed by atoms with van der Waals surface area (Å²) in [7, 11) is -4.25. The van der Waals surface area contributed by atoms with Gasteiger partial charge in [0.1, 0.15) is 11.4 Å². The number of sulfonamides is 1. The number of hydrogen-bond acceptors (Lipinski definition) is 4. The molecule has 0 N–H and O–H groups in total. The summed E-state index contributed by atoms with van der Waals surface area (Å²) in [4.78, 5) is 14.6. The lowest BCUT2D eigenvalue weighted by atomic mass is 9.96. The molecule has 29 heavy (non-hydrogen) atoms. The molecule has 1 fully saturated rings. The Morgan fingerprint density at radius 1 is 0.966 bits per heavy atom. The molecule has 0 radical (unpaired) electrons. The minimum atomic E-state index is -4.25. The predicted molar refractivity (Wildman–Crippen MR) is 118 cm³/mol. The molecule has 5 nitrogen and oxygen atoms in total. The van der Waals surface area contributed by atoms with Gasteiger partial charge in [0, 0.05) is 13.1 Å². The van der Waals surface area contributed by atoms with Crippen LogP contribution >= 0.6 is 58.0 Å². The minimum absolute atomic E-state index is 0.0221. The zero-order valence-electron chi connectivity index (χ0n) is 15.3. The van der Waals surface area contributed by atoms with Crippen LogP contribution < -0.4 is 0 Å². The molecule has 2 aliphatic rings. The largest absolute Gasteiger partial charge is 0.367 e. The van der Waals surface area contributed by atoms with Crippen LogP contribution in [0, 0.1) is 6.92 Å². The van der Waals surface area contributed by atoms with Gasteiger partial charge >= 0.3 is 0 Å². The van der Waals surface area contributed by atoms with Gasteiger partial charge < -0.3 is 4.90 Å². The standard InChI is InChI=1S/C18H17Cl5N2O3S/c1-11-5-7-12(8-6-11)29(27,28)24-15-13(19)14(25-9-3-2-4-10-25)16(26)18(22,23)17(15,20)21/h5-8H,2-4,9-10H2,1H3/b24-15+. The van der Waals surface area contributed by atoms with Gasteiger partial charge in [0.25, 0.3) is 10.0 Å². The fraction of sp³-hybridized carbons (Fsp3) is 0.444. The highest BCUT2D eigenvalue weighted by Gasteiger charge is 2.62. The Labute approximate surface area is 194 Å². The summed E-state index contributed by atoms with van der Waals surface area (Å²) in [6.45, 7) is 2.89. The SMILES string of the molecule is Cc1ccc(S(=O)(=O)/N=C2\C(Cl)=C(N3CCCCC3)C(=O)C(Cl)(Cl)C2(Cl)Cl)cc1. The highest BCUT2D eigenvalue weighted by atomic mass is 35.5. The molecule has 1 aliphatic carbocycles. The van der Waals surface area contributed by atoms with E-state index in [-0.39, 0.29) is 15.6 Å². The molecule has 1 aromatic carbocycles. The van der Waals surface area contributed by atoms with Crippen molar-refractivity contribution in [2.75, 3.05) is 13.1 Å². The second-order valence-corrected chi connectivity index (χ2v) is 11.6. The number of benzene rings is 1. The van der Waals surface area contributed by atoms with E-state index in [0.717, 1.165) is 24.8 Å². The van der Waals surface area contributed by atoms with E-state index in [1.54, 1.807) is 17.0 Å². The first-order valence-corrected chi connectivity index (χ1v) is 12.1. The summed E-state index contributed by atoms with van der Waals surface area (Å²) in [5, 5.41) is -0.269. The summed E-state index contributed by atoms with van der Waals surface area (Å²) >= 11 is 31.5. The minimum Gasteiger partial charge on any atom is -0.367 e. The van der Waals surface area contributed by atoms with E-state index in [2.05, 4.69) is 4.40 Å². The van der Waals surface area contributed by atoms with E-state index in [1.165, 1.54) is 12.1 Å². The number of rotatable bonds is 3. The zero-order valence-corrected chi connectivity index (χ0v) is 19.9. The molecule has 158 valence electrons. The van der Waals surface area contributed by atoms with Crippen molar-refractivity contribution in [3.63, 3.8) is 0 Å². The van der Waals surface area contributed by atoms with Gasteiger partial charge in [-0.25, -0.2) is 0 Å². The van der Waals surface area contributed by atoms with Crippen LogP contribution in [0.15, 0.2) is 44.3 Å². The monoisotopic (exact) mass is 516 g/mol. The number of Topliss-reactive ketones (excluding diaryl/α,β-unsaturated/α-hetero) is 1. The van der Waals surface area contributed by atoms with Crippen molar-refractivity contribution in [1.82, 2.24) is 4.90 Å². The number of allylic oxidation sites excluding steroid dienone is 2. The Balaban J connectivity index is 2.20. The van der Waals surface area contributed by atoms with Gasteiger partial charge in [-0.2, -0.15) is 12.8 Å². The highest BCUT2D eigenvalue weighted by molar-refractivity contribution is 7.90. The van der Waals surface area contributed by atoms with E-state index < -0.39 is 30.2 Å². The van der Waals surface area contributed by atoms with Crippen LogP contribution in [0.1, 0.15) is 24.8 Å². The molecule has 11 heteroatoms. The Morgan fingerprint density at radius 3 is 2.07 bits per heavy atom. The third-order valence-electron chi connectivity index (χ3n) is 4.81. The maximum atomic E-state index is 13.0. The number of aryl methyl sites for hydroxylation is 1. The van der Waals surface area contributed by atoms with E-state index >= 15 is 0 Å². The molecule has 0 aromatic heterocycles. The van der Waals surface area contributed by atoms with Crippen molar-refractivity contribution in [1.29, 1.82) is 0 Å². The smallest absolute Gasteiger partial charge is 0.282 e. The number of hydrogen-bond donors (Lipinski definition) is 0. The highest BCUT2D eigenvalue weighted by Crippen LogP contribution is 2.52. The molecule has 0 atom stereocenters. The number of likely N-dealkylation sites (tertiary alicyclic amines) is 1. The number of halogens is 5. The van der Waals surface area contributed by atoms with Crippen molar-refractivity contribution >= 4 is 79.5 Å². The first-order chi connectivity index (χ1) is 13.4. The van der Waals surface area contributed by atoms with Gasteiger partial charge in [-0.15, -0.1) is 0 Å². The molecule has 0 amide bonds. The molecular formula is C18H17Cl5N2O3S. The van der Waals surface area contributed by atoms with Crippen molar-refractivity contribution in [2.45, 2.75) is 39.7 Å². The number of carbonyl (C=O) groups is 1. The Kier molecular flexibility index (Phi) is 6.56. The van der Waals surface area contributed by atoms with E-state index in [4.69, 9.17) is 58.0 Å². The average molecular weight is 519 g/mol. The summed E-state index contributed by atoms with van der Waals surface area (Å²) < 4.78 is 24.7. The molecule has 0 unspecified atom stereocenters. The van der Waals surface area contributed by atoms with Gasteiger partial charge in [0.15, 0.2) is 0 Å². The fourth-order valence-electron chi connectivity index (χ4n) is 3.17. The summed E-state index contributed by atoms with van der Waals surface area (Å²) in [6.07, 6.45) is 2.67. The van der Waals surface area contributed by atoms with Crippen LogP contribution in [0.25, 0.3) is 0 Å². The Bertz CT molecular complexity index is 995. The number of nitrogens with zero attached hydrogens (tertiary/aromatic N) is 2. The van der Waals surface area contributed by atoms with Gasteiger partial charge in [-0.3, -0.25) is 4.79 Å². The maximum absolute atomic E-state index is 13.0. The zero-order chi connectivity index (χ0) is 21.6. The van der Waals surface area contributed by atoms with Crippen molar-refractivity contribution in [3.8, 4) is 0 Å². The summed E-state index contributed by atoms with van der Waals surface area (Å²) in [5.41, 5.74) is 0.370. The molecule has 0 spiro atoms. The Morgan fingerprint density at radius 2 is 1.52 bits per heavy atom. The van der Waals surface area contributed by atoms with Crippen LogP contribution in [-0.4, -0.2) is 46.6 Å². The maximum Gasteiger partial charge on any atom is 0.282 e. The third kappa shape index (κ3) is 4.17. The second-order valence-electron chi connectivity index (χ2n) is 6.92. The van der Waals surface area contributed by atoms with Crippen molar-refractivity contribution < 1.29 is 13.2 Å². The number of piperidine rings is 1. The van der Waals surface area contributed by atoms with Crippen LogP contribution in [-0.2, 0) is 14.8 Å². The van der Waals surface area contributed by atoms with Gasteiger partial charge in [0.05, 0.1) is 9.93 Å². The molecule has 1 saturated heterocycles. The number of alkyl halides is 4. The van der Waals surface area contributed by atoms with Gasteiger partial charge in [-0.1, -0.05) is 75.7 Å². The normalized spacial score (nSPS) is 23.6. The Hall–Kier alpha value is -0.500. The second kappa shape index (κ2) is 8.21. The van der Waals surface area contributed by atoms with E-state index in [9.17, 15) is 13.2 Å². The quantitative estimate of drug-likeness (QED) is 0.529. The van der Waals surface area contributed by atoms with Crippen LogP contribution in [0.3, 0.4) is 0 Å². The first kappa shape index (κ1) is 23.2. The van der Waals surface area contributed by atoms with Crippen LogP contribution in [0.2, 0.25) is 0 Å². The molecule has 1 heterocycles. The van der Waals surface area contributed by atoms with Crippen LogP contribution in [0.5, 0.6) is 0 Å². The van der Waals surface area contributed by atoms with Crippen molar-refractivity contribution in [2.24, 2.45) is 4.40 Å². The summed E-state index contributed by atoms with van der Waals surface area (Å²) in [6, 6.07) is 6.03. The molecule has 3 rings (SSSR count). The third-order valence-corrected chi connectivity index (χ3v) is 8.68. The van der Waals surface area contributed by atoms with Gasteiger partial charge in [-0.05, 0) is 38.3 Å². The fourth-order valence-corrected chi connectivity index (χ4v) is 5.66. The van der Waals surface area contributed by atoms with Crippen LogP contribution in [0.4, 0.5) is 0 Å². The molecule has 0 saturated carbocycles. The molecular weight excluding hydrogens is 502 g/mol. The van der Waals surface area contributed by atoms with Gasteiger partial charge in [0.2, 0.25) is 14.4 Å². The average Bonchev–Trinajstić information content (AvgIpc) is 2.66. The topological polar surface area (TPSA) is 66.8 Å². The number of ketones is 1. The number of carbonyl (C=O) groups excluding carboxylic acids is 1. The first-order valence-electron chi connectivity index (χ1n) is 8.77. The lowest BCUT2D eigenvalue weighted by molar-refractivity contribution is -0.118. The van der Waals surface area contributed by atoms with E-state index in [1.807, 2.05) is 6.92 Å². The van der Waals surface area contributed by atoms with Crippen molar-refractivity contribution in [3.05, 3.63) is 40.6 Å². The molecule has 1 aromatic rings. The predicted octanol–water partition coefficient (Wildman–Crippen LogP) is 4.99. The molecule has 1 aliphatic heterocycles. The lowest BCUT2D eigenvalue weighted by Gasteiger charge is -2.41. The lowest BCUT2D eigenvalue weighted by Crippen LogP contribution is -2.56.